The molecule has 0 saturated heterocycles. The van der Waals surface area contributed by atoms with Crippen LogP contribution in [0.4, 0.5) is 14.5 Å². The van der Waals surface area contributed by atoms with Gasteiger partial charge in [-0.15, -0.1) is 10.2 Å². The average Bonchev–Trinajstić information content (AvgIpc) is 2.64. The molecule has 6 heteroatoms. The van der Waals surface area contributed by atoms with Crippen molar-refractivity contribution in [3.8, 4) is 0 Å². The summed E-state index contributed by atoms with van der Waals surface area (Å²) < 4.78 is 28.8. The molecule has 0 amide bonds. The smallest absolute Gasteiger partial charge is 0.327 e. The third-order valence-electron chi connectivity index (χ3n) is 2.29. The minimum atomic E-state index is -3.05. The van der Waals surface area contributed by atoms with Crippen LogP contribution in [0.5, 0.6) is 0 Å². The maximum absolute atomic E-state index is 13.7. The predicted molar refractivity (Wildman–Crippen MR) is 59.7 cm³/mol. The average molecular weight is 238 g/mol. The summed E-state index contributed by atoms with van der Waals surface area (Å²) >= 11 is 0. The van der Waals surface area contributed by atoms with Gasteiger partial charge in [-0.05, 0) is 12.1 Å². The van der Waals surface area contributed by atoms with Crippen LogP contribution in [-0.4, -0.2) is 20.8 Å². The van der Waals surface area contributed by atoms with Crippen LogP contribution >= 0.6 is 0 Å². The second kappa shape index (κ2) is 4.48. The van der Waals surface area contributed by atoms with Gasteiger partial charge in [0, 0.05) is 12.7 Å². The number of rotatable bonds is 4. The molecular weight excluding hydrogens is 226 g/mol. The molecule has 0 unspecified atom stereocenters. The number of hydrogen-bond donors (Lipinski definition) is 1. The van der Waals surface area contributed by atoms with Gasteiger partial charge in [-0.3, -0.25) is 0 Å². The second-order valence-corrected chi connectivity index (χ2v) is 3.73. The van der Waals surface area contributed by atoms with E-state index in [1.807, 2.05) is 0 Å². The van der Waals surface area contributed by atoms with Gasteiger partial charge in [-0.1, -0.05) is 18.2 Å². The Labute approximate surface area is 97.3 Å². The van der Waals surface area contributed by atoms with Crippen LogP contribution in [0.15, 0.2) is 36.7 Å². The molecule has 90 valence electrons. The summed E-state index contributed by atoms with van der Waals surface area (Å²) in [5.74, 6) is 0.235. The first kappa shape index (κ1) is 11.5. The van der Waals surface area contributed by atoms with Gasteiger partial charge in [-0.25, -0.2) is 0 Å². The lowest BCUT2D eigenvalue weighted by Crippen LogP contribution is -2.31. The van der Waals surface area contributed by atoms with Crippen LogP contribution in [0.25, 0.3) is 0 Å². The maximum atomic E-state index is 13.7. The summed E-state index contributed by atoms with van der Waals surface area (Å²) in [5, 5.41) is 9.37. The molecule has 0 aliphatic carbocycles. The van der Waals surface area contributed by atoms with Crippen molar-refractivity contribution in [2.24, 2.45) is 7.05 Å². The molecule has 0 saturated carbocycles. The molecule has 2 aromatic rings. The van der Waals surface area contributed by atoms with E-state index in [-0.39, 0.29) is 5.82 Å². The Morgan fingerprint density at radius 2 is 2.00 bits per heavy atom. The zero-order chi connectivity index (χ0) is 12.3. The van der Waals surface area contributed by atoms with E-state index in [1.54, 1.807) is 37.4 Å². The largest absolute Gasteiger partial charge is 0.330 e. The van der Waals surface area contributed by atoms with Crippen molar-refractivity contribution in [1.82, 2.24) is 14.8 Å². The lowest BCUT2D eigenvalue weighted by atomic mass is 10.3. The number of halogens is 2. The van der Waals surface area contributed by atoms with Crippen LogP contribution in [0, 0.1) is 0 Å². The van der Waals surface area contributed by atoms with E-state index in [1.165, 1.54) is 10.9 Å². The molecule has 17 heavy (non-hydrogen) atoms. The number of hydrogen-bond acceptors (Lipinski definition) is 3. The van der Waals surface area contributed by atoms with Crippen LogP contribution in [0.2, 0.25) is 0 Å². The number of nitrogens with zero attached hydrogens (tertiary/aromatic N) is 3. The van der Waals surface area contributed by atoms with E-state index in [0.29, 0.717) is 5.69 Å². The van der Waals surface area contributed by atoms with Crippen molar-refractivity contribution in [2.75, 3.05) is 5.32 Å². The first-order valence-electron chi connectivity index (χ1n) is 5.11. The Kier molecular flexibility index (Phi) is 3.03. The fourth-order valence-electron chi connectivity index (χ4n) is 1.44. The first-order chi connectivity index (χ1) is 8.07. The molecule has 1 aromatic carbocycles. The summed E-state index contributed by atoms with van der Waals surface area (Å²) in [7, 11) is 1.63. The molecule has 1 heterocycles. The molecule has 0 fully saturated rings. The van der Waals surface area contributed by atoms with Gasteiger partial charge < -0.3 is 9.88 Å². The molecule has 0 atom stereocenters. The lowest BCUT2D eigenvalue weighted by Gasteiger charge is -2.18. The van der Waals surface area contributed by atoms with Gasteiger partial charge >= 0.3 is 6.05 Å². The molecule has 0 bridgehead atoms. The highest BCUT2D eigenvalue weighted by atomic mass is 19.3. The van der Waals surface area contributed by atoms with E-state index >= 15 is 0 Å². The van der Waals surface area contributed by atoms with Crippen molar-refractivity contribution in [1.29, 1.82) is 0 Å². The Morgan fingerprint density at radius 1 is 1.29 bits per heavy atom. The molecule has 0 spiro atoms. The monoisotopic (exact) mass is 238 g/mol. The molecule has 1 aromatic heterocycles. The Bertz CT molecular complexity index is 481. The van der Waals surface area contributed by atoms with Gasteiger partial charge in [0.25, 0.3) is 0 Å². The fraction of sp³-hybridized carbons (Fsp3) is 0.273. The second-order valence-electron chi connectivity index (χ2n) is 3.73. The van der Waals surface area contributed by atoms with Gasteiger partial charge in [0.2, 0.25) is 0 Å². The first-order valence-corrected chi connectivity index (χ1v) is 5.11. The van der Waals surface area contributed by atoms with Crippen molar-refractivity contribution in [3.63, 3.8) is 0 Å². The standard InChI is InChI=1S/C11H12F2N4/c1-17-8-14-16-10(17)7-11(12,13)15-9-5-3-2-4-6-9/h2-6,8,15H,7H2,1H3. The highest BCUT2D eigenvalue weighted by Crippen LogP contribution is 2.21. The molecule has 2 rings (SSSR count). The minimum absolute atomic E-state index is 0.235. The van der Waals surface area contributed by atoms with E-state index in [2.05, 4.69) is 15.5 Å². The lowest BCUT2D eigenvalue weighted by molar-refractivity contribution is 0.0303. The molecular formula is C11H12F2N4. The number of anilines is 1. The van der Waals surface area contributed by atoms with Gasteiger partial charge in [0.1, 0.15) is 12.2 Å². The zero-order valence-electron chi connectivity index (χ0n) is 9.27. The van der Waals surface area contributed by atoms with Crippen LogP contribution in [0.1, 0.15) is 5.82 Å². The molecule has 4 nitrogen and oxygen atoms in total. The van der Waals surface area contributed by atoms with Crippen LogP contribution in [0.3, 0.4) is 0 Å². The normalized spacial score (nSPS) is 11.5. The number of aromatic nitrogens is 3. The summed E-state index contributed by atoms with van der Waals surface area (Å²) in [6.45, 7) is 0. The van der Waals surface area contributed by atoms with E-state index in [9.17, 15) is 8.78 Å². The van der Waals surface area contributed by atoms with Crippen molar-refractivity contribution < 1.29 is 8.78 Å². The Balaban J connectivity index is 2.07. The van der Waals surface area contributed by atoms with Crippen LogP contribution in [-0.2, 0) is 13.5 Å². The van der Waals surface area contributed by atoms with Crippen LogP contribution < -0.4 is 5.32 Å². The van der Waals surface area contributed by atoms with Crippen molar-refractivity contribution in [3.05, 3.63) is 42.5 Å². The minimum Gasteiger partial charge on any atom is -0.327 e. The SMILES string of the molecule is Cn1cnnc1CC(F)(F)Nc1ccccc1. The highest BCUT2D eigenvalue weighted by molar-refractivity contribution is 5.43. The van der Waals surface area contributed by atoms with E-state index < -0.39 is 12.5 Å². The molecule has 1 N–H and O–H groups in total. The number of aryl methyl sites for hydroxylation is 1. The summed E-state index contributed by atoms with van der Waals surface area (Å²) in [6, 6.07) is 5.28. The summed E-state index contributed by atoms with van der Waals surface area (Å²) in [5.41, 5.74) is 0.375. The maximum Gasteiger partial charge on any atom is 0.330 e. The summed E-state index contributed by atoms with van der Waals surface area (Å²) in [6.07, 6.45) is 0.895. The van der Waals surface area contributed by atoms with E-state index in [0.717, 1.165) is 0 Å². The quantitative estimate of drug-likeness (QED) is 0.829. The fourth-order valence-corrected chi connectivity index (χ4v) is 1.44. The predicted octanol–water partition coefficient (Wildman–Crippen LogP) is 2.06. The molecule has 0 aliphatic rings. The number of para-hydroxylation sites is 1. The van der Waals surface area contributed by atoms with Crippen molar-refractivity contribution in [2.45, 2.75) is 12.5 Å². The number of nitrogens with one attached hydrogen (secondary N) is 1. The topological polar surface area (TPSA) is 42.7 Å². The Morgan fingerprint density at radius 3 is 2.59 bits per heavy atom. The molecule has 0 radical (unpaired) electrons. The van der Waals surface area contributed by atoms with Crippen molar-refractivity contribution >= 4 is 5.69 Å². The zero-order valence-corrected chi connectivity index (χ0v) is 9.27. The third-order valence-corrected chi connectivity index (χ3v) is 2.29. The van der Waals surface area contributed by atoms with Gasteiger partial charge in [0.15, 0.2) is 0 Å². The summed E-state index contributed by atoms with van der Waals surface area (Å²) in [4.78, 5) is 0. The third kappa shape index (κ3) is 2.99. The molecule has 0 aliphatic heterocycles. The van der Waals surface area contributed by atoms with Gasteiger partial charge in [-0.2, -0.15) is 8.78 Å². The number of benzene rings is 1. The van der Waals surface area contributed by atoms with E-state index in [4.69, 9.17) is 0 Å². The number of alkyl halides is 2. The Hall–Kier alpha value is -1.98. The highest BCUT2D eigenvalue weighted by Gasteiger charge is 2.31. The van der Waals surface area contributed by atoms with Gasteiger partial charge in [0.05, 0.1) is 6.42 Å².